The summed E-state index contributed by atoms with van der Waals surface area (Å²) in [5, 5.41) is 5.59. The molecule has 2 aliphatic rings. The van der Waals surface area contributed by atoms with E-state index in [1.807, 2.05) is 6.07 Å². The van der Waals surface area contributed by atoms with Crippen LogP contribution in [0.25, 0.3) is 0 Å². The van der Waals surface area contributed by atoms with Gasteiger partial charge in [0.15, 0.2) is 0 Å². The molecule has 1 aromatic carbocycles. The summed E-state index contributed by atoms with van der Waals surface area (Å²) in [5.74, 6) is 0.192. The molecule has 11 heteroatoms. The quantitative estimate of drug-likeness (QED) is 0.574. The van der Waals surface area contributed by atoms with E-state index in [1.54, 1.807) is 35.5 Å². The van der Waals surface area contributed by atoms with E-state index in [-0.39, 0.29) is 18.9 Å². The molecule has 0 unspecified atom stereocenters. The molecule has 0 bridgehead atoms. The third-order valence-electron chi connectivity index (χ3n) is 6.20. The number of carbonyl (C=O) groups is 3. The number of urea groups is 1. The van der Waals surface area contributed by atoms with Crippen molar-refractivity contribution in [2.45, 2.75) is 19.3 Å². The first-order chi connectivity index (χ1) is 17.0. The molecule has 0 aliphatic carbocycles. The second-order valence-corrected chi connectivity index (χ2v) is 8.47. The fourth-order valence-electron chi connectivity index (χ4n) is 4.33. The molecule has 3 heterocycles. The van der Waals surface area contributed by atoms with Crippen LogP contribution in [0.3, 0.4) is 0 Å². The van der Waals surface area contributed by atoms with Gasteiger partial charge in [-0.25, -0.2) is 19.6 Å². The van der Waals surface area contributed by atoms with E-state index in [1.165, 1.54) is 7.11 Å². The van der Waals surface area contributed by atoms with Crippen LogP contribution < -0.4 is 20.4 Å². The van der Waals surface area contributed by atoms with E-state index >= 15 is 0 Å². The van der Waals surface area contributed by atoms with Gasteiger partial charge >= 0.3 is 12.0 Å². The van der Waals surface area contributed by atoms with Crippen LogP contribution in [-0.2, 0) is 9.53 Å². The Kier molecular flexibility index (Phi) is 7.96. The summed E-state index contributed by atoms with van der Waals surface area (Å²) in [7, 11) is 1.32. The summed E-state index contributed by atoms with van der Waals surface area (Å²) in [6.45, 7) is 4.51. The molecule has 2 fully saturated rings. The second-order valence-electron chi connectivity index (χ2n) is 8.47. The lowest BCUT2D eigenvalue weighted by Crippen LogP contribution is -2.49. The van der Waals surface area contributed by atoms with Gasteiger partial charge in [-0.1, -0.05) is 0 Å². The van der Waals surface area contributed by atoms with Crippen molar-refractivity contribution in [3.05, 3.63) is 42.2 Å². The van der Waals surface area contributed by atoms with Gasteiger partial charge in [0.25, 0.3) is 0 Å². The van der Waals surface area contributed by atoms with Gasteiger partial charge in [0.2, 0.25) is 11.9 Å². The Hall–Kier alpha value is -3.89. The molecule has 3 amide bonds. The lowest BCUT2D eigenvalue weighted by Gasteiger charge is -2.34. The van der Waals surface area contributed by atoms with Crippen molar-refractivity contribution in [1.29, 1.82) is 0 Å². The number of piperazine rings is 1. The summed E-state index contributed by atoms with van der Waals surface area (Å²) in [6.07, 6.45) is 5.78. The Morgan fingerprint density at radius 3 is 2.37 bits per heavy atom. The Balaban J connectivity index is 1.27. The predicted octanol–water partition coefficient (Wildman–Crippen LogP) is 1.72. The predicted molar refractivity (Wildman–Crippen MR) is 132 cm³/mol. The molecule has 186 valence electrons. The Morgan fingerprint density at radius 1 is 0.971 bits per heavy atom. The van der Waals surface area contributed by atoms with Crippen LogP contribution in [0, 0.1) is 0 Å². The molecule has 2 aliphatic heterocycles. The monoisotopic (exact) mass is 481 g/mol. The van der Waals surface area contributed by atoms with Crippen molar-refractivity contribution in [2.24, 2.45) is 0 Å². The lowest BCUT2D eigenvalue weighted by molar-refractivity contribution is -0.131. The van der Waals surface area contributed by atoms with Gasteiger partial charge in [0.05, 0.1) is 24.0 Å². The number of nitrogens with one attached hydrogen (secondary N) is 2. The van der Waals surface area contributed by atoms with Crippen LogP contribution in [0.4, 0.5) is 22.1 Å². The summed E-state index contributed by atoms with van der Waals surface area (Å²) < 4.78 is 4.81. The molecule has 1 aromatic heterocycles. The number of hydrogen-bond acceptors (Lipinski definition) is 8. The maximum absolute atomic E-state index is 12.6. The van der Waals surface area contributed by atoms with Gasteiger partial charge in [0, 0.05) is 64.6 Å². The standard InChI is InChI=1S/C24H31N7O4/c1-35-22(33)18-5-6-20(29-11-2-3-12-29)19(17-18)28-24(34)27-10-7-21(32)30-13-15-31(16-14-30)23-25-8-4-9-26-23/h4-6,8-9,17H,2-3,7,10-16H2,1H3,(H2,27,28,34). The number of esters is 1. The van der Waals surface area contributed by atoms with Gasteiger partial charge in [0.1, 0.15) is 0 Å². The molecule has 2 saturated heterocycles. The first-order valence-corrected chi connectivity index (χ1v) is 11.9. The highest BCUT2D eigenvalue weighted by Gasteiger charge is 2.23. The maximum Gasteiger partial charge on any atom is 0.337 e. The molecule has 4 rings (SSSR count). The normalized spacial score (nSPS) is 15.6. The summed E-state index contributed by atoms with van der Waals surface area (Å²) in [6, 6.07) is 6.50. The molecule has 0 atom stereocenters. The SMILES string of the molecule is COC(=O)c1ccc(N2CCCC2)c(NC(=O)NCCC(=O)N2CCN(c3ncccn3)CC2)c1. The first kappa shape index (κ1) is 24.2. The van der Waals surface area contributed by atoms with Crippen molar-refractivity contribution in [1.82, 2.24) is 20.2 Å². The van der Waals surface area contributed by atoms with E-state index in [4.69, 9.17) is 4.74 Å². The third kappa shape index (κ3) is 6.17. The molecule has 2 aromatic rings. The van der Waals surface area contributed by atoms with Crippen LogP contribution >= 0.6 is 0 Å². The fraction of sp³-hybridized carbons (Fsp3) is 0.458. The number of benzene rings is 1. The Labute approximate surface area is 204 Å². The number of nitrogens with zero attached hydrogens (tertiary/aromatic N) is 5. The summed E-state index contributed by atoms with van der Waals surface area (Å²) >= 11 is 0. The van der Waals surface area contributed by atoms with E-state index in [9.17, 15) is 14.4 Å². The molecule has 0 spiro atoms. The number of methoxy groups -OCH3 is 1. The van der Waals surface area contributed by atoms with Gasteiger partial charge < -0.3 is 30.1 Å². The molecular formula is C24H31N7O4. The van der Waals surface area contributed by atoms with Gasteiger partial charge in [-0.05, 0) is 37.1 Å². The molecule has 2 N–H and O–H groups in total. The zero-order valence-corrected chi connectivity index (χ0v) is 19.9. The topological polar surface area (TPSA) is 120 Å². The van der Waals surface area contributed by atoms with E-state index < -0.39 is 12.0 Å². The largest absolute Gasteiger partial charge is 0.465 e. The van der Waals surface area contributed by atoms with Crippen molar-refractivity contribution in [3.8, 4) is 0 Å². The van der Waals surface area contributed by atoms with Crippen LogP contribution in [0.15, 0.2) is 36.7 Å². The van der Waals surface area contributed by atoms with Crippen molar-refractivity contribution >= 4 is 35.2 Å². The Bertz CT molecular complexity index is 1040. The number of amides is 3. The minimum Gasteiger partial charge on any atom is -0.465 e. The smallest absolute Gasteiger partial charge is 0.337 e. The minimum atomic E-state index is -0.467. The van der Waals surface area contributed by atoms with Crippen molar-refractivity contribution in [3.63, 3.8) is 0 Å². The number of anilines is 3. The van der Waals surface area contributed by atoms with Crippen molar-refractivity contribution in [2.75, 3.05) is 68.0 Å². The van der Waals surface area contributed by atoms with Crippen LogP contribution in [0.5, 0.6) is 0 Å². The highest BCUT2D eigenvalue weighted by Crippen LogP contribution is 2.30. The minimum absolute atomic E-state index is 0.00984. The van der Waals surface area contributed by atoms with Crippen LogP contribution in [-0.4, -0.2) is 85.7 Å². The van der Waals surface area contributed by atoms with E-state index in [0.717, 1.165) is 31.6 Å². The number of ether oxygens (including phenoxy) is 1. The van der Waals surface area contributed by atoms with Crippen molar-refractivity contribution < 1.29 is 19.1 Å². The molecule has 11 nitrogen and oxygen atoms in total. The third-order valence-corrected chi connectivity index (χ3v) is 6.20. The average Bonchev–Trinajstić information content (AvgIpc) is 3.43. The van der Waals surface area contributed by atoms with Gasteiger partial charge in [-0.3, -0.25) is 4.79 Å². The van der Waals surface area contributed by atoms with E-state index in [0.29, 0.717) is 43.4 Å². The number of rotatable bonds is 7. The lowest BCUT2D eigenvalue weighted by atomic mass is 10.1. The van der Waals surface area contributed by atoms with Gasteiger partial charge in [-0.15, -0.1) is 0 Å². The number of hydrogen-bond donors (Lipinski definition) is 2. The summed E-state index contributed by atoms with van der Waals surface area (Å²) in [4.78, 5) is 51.7. The highest BCUT2D eigenvalue weighted by atomic mass is 16.5. The molecule has 0 radical (unpaired) electrons. The van der Waals surface area contributed by atoms with E-state index in [2.05, 4.69) is 30.4 Å². The highest BCUT2D eigenvalue weighted by molar-refractivity contribution is 5.97. The molecule has 35 heavy (non-hydrogen) atoms. The molecule has 0 saturated carbocycles. The summed E-state index contributed by atoms with van der Waals surface area (Å²) in [5.41, 5.74) is 1.76. The number of aromatic nitrogens is 2. The first-order valence-electron chi connectivity index (χ1n) is 11.9. The molecular weight excluding hydrogens is 450 g/mol. The number of carbonyl (C=O) groups excluding carboxylic acids is 3. The van der Waals surface area contributed by atoms with Crippen LogP contribution in [0.2, 0.25) is 0 Å². The maximum atomic E-state index is 12.6. The second kappa shape index (κ2) is 11.5. The fourth-order valence-corrected chi connectivity index (χ4v) is 4.33. The Morgan fingerprint density at radius 2 is 1.69 bits per heavy atom. The average molecular weight is 482 g/mol. The van der Waals surface area contributed by atoms with Gasteiger partial charge in [-0.2, -0.15) is 0 Å². The zero-order chi connectivity index (χ0) is 24.6. The zero-order valence-electron chi connectivity index (χ0n) is 19.9. The van der Waals surface area contributed by atoms with Crippen LogP contribution in [0.1, 0.15) is 29.6 Å².